The van der Waals surface area contributed by atoms with Gasteiger partial charge in [-0.1, -0.05) is 18.2 Å². The zero-order valence-corrected chi connectivity index (χ0v) is 14.1. The number of anilines is 1. The molecule has 2 aromatic rings. The summed E-state index contributed by atoms with van der Waals surface area (Å²) in [5, 5.41) is 14.5. The number of nitrogens with zero attached hydrogens (tertiary/aromatic N) is 2. The van der Waals surface area contributed by atoms with E-state index in [1.807, 2.05) is 6.07 Å². The van der Waals surface area contributed by atoms with Gasteiger partial charge in [0.25, 0.3) is 11.8 Å². The lowest BCUT2D eigenvalue weighted by molar-refractivity contribution is 0.0853. The number of para-hydroxylation sites is 1. The van der Waals surface area contributed by atoms with E-state index in [0.29, 0.717) is 17.8 Å². The van der Waals surface area contributed by atoms with Gasteiger partial charge in [0.05, 0.1) is 17.4 Å². The first-order valence-corrected chi connectivity index (χ1v) is 8.34. The van der Waals surface area contributed by atoms with Crippen LogP contribution in [0.3, 0.4) is 0 Å². The summed E-state index contributed by atoms with van der Waals surface area (Å²) in [4.78, 5) is 28.7. The lowest BCUT2D eigenvalue weighted by Gasteiger charge is -2.11. The van der Waals surface area contributed by atoms with Gasteiger partial charge >= 0.3 is 0 Å². The van der Waals surface area contributed by atoms with Gasteiger partial charge in [-0.25, -0.2) is 4.98 Å². The van der Waals surface area contributed by atoms with Gasteiger partial charge in [-0.2, -0.15) is 5.26 Å². The highest BCUT2D eigenvalue weighted by Gasteiger charge is 2.18. The summed E-state index contributed by atoms with van der Waals surface area (Å²) in [7, 11) is 0. The average molecular weight is 350 g/mol. The van der Waals surface area contributed by atoms with E-state index in [1.165, 1.54) is 6.07 Å². The van der Waals surface area contributed by atoms with E-state index in [-0.39, 0.29) is 23.4 Å². The number of nitriles is 1. The molecule has 1 atom stereocenters. The van der Waals surface area contributed by atoms with Crippen LogP contribution in [0.25, 0.3) is 0 Å². The van der Waals surface area contributed by atoms with Crippen LogP contribution in [0.4, 0.5) is 5.69 Å². The van der Waals surface area contributed by atoms with E-state index >= 15 is 0 Å². The minimum Gasteiger partial charge on any atom is -0.376 e. The van der Waals surface area contributed by atoms with Crippen LogP contribution in [0.2, 0.25) is 0 Å². The smallest absolute Gasteiger partial charge is 0.274 e. The van der Waals surface area contributed by atoms with Crippen LogP contribution in [-0.2, 0) is 4.74 Å². The maximum atomic E-state index is 12.4. The third kappa shape index (κ3) is 4.23. The standard InChI is InChI=1S/C19H18N4O3/c20-11-13-5-1-2-7-15(13)23-19(25)17-9-3-8-16(22-17)18(24)21-12-14-6-4-10-26-14/h1-3,5,7-9,14H,4,6,10,12H2,(H,21,24)(H,23,25). The second-order valence-corrected chi connectivity index (χ2v) is 5.86. The predicted octanol–water partition coefficient (Wildman–Crippen LogP) is 2.11. The molecule has 7 nitrogen and oxygen atoms in total. The topological polar surface area (TPSA) is 104 Å². The number of benzene rings is 1. The van der Waals surface area contributed by atoms with Crippen LogP contribution in [0.1, 0.15) is 39.4 Å². The third-order valence-electron chi connectivity index (χ3n) is 4.02. The fourth-order valence-electron chi connectivity index (χ4n) is 2.67. The van der Waals surface area contributed by atoms with Crippen LogP contribution in [-0.4, -0.2) is 36.1 Å². The quantitative estimate of drug-likeness (QED) is 0.859. The van der Waals surface area contributed by atoms with Crippen molar-refractivity contribution in [3.63, 3.8) is 0 Å². The summed E-state index contributed by atoms with van der Waals surface area (Å²) in [5.41, 5.74) is 1.01. The number of carbonyl (C=O) groups is 2. The Morgan fingerprint density at radius 2 is 1.92 bits per heavy atom. The van der Waals surface area contributed by atoms with E-state index in [4.69, 9.17) is 10.00 Å². The Morgan fingerprint density at radius 3 is 2.65 bits per heavy atom. The van der Waals surface area contributed by atoms with Crippen molar-refractivity contribution in [2.24, 2.45) is 0 Å². The monoisotopic (exact) mass is 350 g/mol. The van der Waals surface area contributed by atoms with E-state index < -0.39 is 5.91 Å². The fraction of sp³-hybridized carbons (Fsp3) is 0.263. The minimum absolute atomic E-state index is 0.0351. The number of carbonyl (C=O) groups excluding carboxylic acids is 2. The molecule has 7 heteroatoms. The summed E-state index contributed by atoms with van der Waals surface area (Å²) >= 11 is 0. The number of pyridine rings is 1. The van der Waals surface area contributed by atoms with Gasteiger partial charge in [0.2, 0.25) is 0 Å². The number of hydrogen-bond donors (Lipinski definition) is 2. The van der Waals surface area contributed by atoms with Gasteiger partial charge in [-0.3, -0.25) is 9.59 Å². The van der Waals surface area contributed by atoms with Crippen LogP contribution in [0.5, 0.6) is 0 Å². The van der Waals surface area contributed by atoms with Crippen molar-refractivity contribution in [2.75, 3.05) is 18.5 Å². The molecule has 0 saturated carbocycles. The number of nitrogens with one attached hydrogen (secondary N) is 2. The van der Waals surface area contributed by atoms with E-state index in [1.54, 1.807) is 36.4 Å². The number of aromatic nitrogens is 1. The summed E-state index contributed by atoms with van der Waals surface area (Å²) < 4.78 is 5.46. The highest BCUT2D eigenvalue weighted by molar-refractivity contribution is 6.04. The van der Waals surface area contributed by atoms with Crippen molar-refractivity contribution in [3.05, 3.63) is 59.4 Å². The number of hydrogen-bond acceptors (Lipinski definition) is 5. The van der Waals surface area contributed by atoms with E-state index in [0.717, 1.165) is 19.4 Å². The van der Waals surface area contributed by atoms with Gasteiger partial charge in [-0.15, -0.1) is 0 Å². The first-order valence-electron chi connectivity index (χ1n) is 8.34. The molecule has 0 bridgehead atoms. The van der Waals surface area contributed by atoms with Gasteiger partial charge in [0, 0.05) is 13.2 Å². The van der Waals surface area contributed by atoms with Gasteiger partial charge in [-0.05, 0) is 37.1 Å². The van der Waals surface area contributed by atoms with Crippen molar-refractivity contribution in [3.8, 4) is 6.07 Å². The van der Waals surface area contributed by atoms with Gasteiger partial charge in [0.1, 0.15) is 17.5 Å². The van der Waals surface area contributed by atoms with Crippen molar-refractivity contribution < 1.29 is 14.3 Å². The first-order chi connectivity index (χ1) is 12.7. The van der Waals surface area contributed by atoms with Crippen molar-refractivity contribution in [1.29, 1.82) is 5.26 Å². The Hall–Kier alpha value is -3.24. The zero-order chi connectivity index (χ0) is 18.4. The maximum Gasteiger partial charge on any atom is 0.274 e. The minimum atomic E-state index is -0.485. The molecule has 2 amide bonds. The Bertz CT molecular complexity index is 854. The van der Waals surface area contributed by atoms with Crippen molar-refractivity contribution in [2.45, 2.75) is 18.9 Å². The second kappa shape index (κ2) is 8.23. The molecule has 0 radical (unpaired) electrons. The Kier molecular flexibility index (Phi) is 5.56. The molecule has 26 heavy (non-hydrogen) atoms. The fourth-order valence-corrected chi connectivity index (χ4v) is 2.67. The highest BCUT2D eigenvalue weighted by Crippen LogP contribution is 2.15. The molecule has 2 heterocycles. The molecule has 1 aromatic heterocycles. The molecule has 1 fully saturated rings. The molecule has 1 unspecified atom stereocenters. The Morgan fingerprint density at radius 1 is 1.15 bits per heavy atom. The molecular weight excluding hydrogens is 332 g/mol. The van der Waals surface area contributed by atoms with Crippen LogP contribution < -0.4 is 10.6 Å². The van der Waals surface area contributed by atoms with Crippen LogP contribution >= 0.6 is 0 Å². The van der Waals surface area contributed by atoms with Crippen molar-refractivity contribution >= 4 is 17.5 Å². The third-order valence-corrected chi connectivity index (χ3v) is 4.02. The molecule has 1 aromatic carbocycles. The maximum absolute atomic E-state index is 12.4. The molecule has 1 aliphatic rings. The molecule has 132 valence electrons. The van der Waals surface area contributed by atoms with E-state index in [9.17, 15) is 9.59 Å². The molecular formula is C19H18N4O3. The van der Waals surface area contributed by atoms with Crippen LogP contribution in [0, 0.1) is 11.3 Å². The molecule has 3 rings (SSSR count). The SMILES string of the molecule is N#Cc1ccccc1NC(=O)c1cccc(C(=O)NCC2CCCO2)n1. The zero-order valence-electron chi connectivity index (χ0n) is 14.1. The normalized spacial score (nSPS) is 15.9. The summed E-state index contributed by atoms with van der Waals surface area (Å²) in [5.74, 6) is -0.839. The highest BCUT2D eigenvalue weighted by atomic mass is 16.5. The van der Waals surface area contributed by atoms with E-state index in [2.05, 4.69) is 15.6 Å². The first kappa shape index (κ1) is 17.6. The van der Waals surface area contributed by atoms with Crippen LogP contribution in [0.15, 0.2) is 42.5 Å². The molecule has 0 aliphatic carbocycles. The Balaban J connectivity index is 1.67. The largest absolute Gasteiger partial charge is 0.376 e. The summed E-state index contributed by atoms with van der Waals surface area (Å²) in [6.45, 7) is 1.14. The predicted molar refractivity (Wildman–Crippen MR) is 94.7 cm³/mol. The number of amides is 2. The number of ether oxygens (including phenoxy) is 1. The van der Waals surface area contributed by atoms with Crippen molar-refractivity contribution in [1.82, 2.24) is 10.3 Å². The van der Waals surface area contributed by atoms with Gasteiger partial charge < -0.3 is 15.4 Å². The molecule has 0 spiro atoms. The lowest BCUT2D eigenvalue weighted by atomic mass is 10.2. The molecule has 1 aliphatic heterocycles. The summed E-state index contributed by atoms with van der Waals surface area (Å²) in [6.07, 6.45) is 1.96. The lowest BCUT2D eigenvalue weighted by Crippen LogP contribution is -2.32. The van der Waals surface area contributed by atoms with Gasteiger partial charge in [0.15, 0.2) is 0 Å². The molecule has 2 N–H and O–H groups in total. The average Bonchev–Trinajstić information content (AvgIpc) is 3.20. The second-order valence-electron chi connectivity index (χ2n) is 5.86. The summed E-state index contributed by atoms with van der Waals surface area (Å²) in [6, 6.07) is 13.3. The number of rotatable bonds is 5. The Labute approximate surface area is 151 Å². The molecule has 1 saturated heterocycles.